The first kappa shape index (κ1) is 15.8. The lowest BCUT2D eigenvalue weighted by Crippen LogP contribution is -2.42. The van der Waals surface area contributed by atoms with E-state index in [0.717, 1.165) is 18.4 Å². The van der Waals surface area contributed by atoms with Gasteiger partial charge in [-0.1, -0.05) is 35.5 Å². The normalized spacial score (nSPS) is 17.8. The fourth-order valence-corrected chi connectivity index (χ4v) is 3.33. The van der Waals surface area contributed by atoms with E-state index < -0.39 is 6.10 Å². The molecule has 25 heavy (non-hydrogen) atoms. The molecule has 1 aliphatic heterocycles. The van der Waals surface area contributed by atoms with E-state index in [9.17, 15) is 9.90 Å². The first-order valence-electron chi connectivity index (χ1n) is 8.43. The minimum atomic E-state index is -0.466. The van der Waals surface area contributed by atoms with E-state index in [1.54, 1.807) is 17.9 Å². The number of carbonyl (C=O) groups excluding carboxylic acids is 1. The summed E-state index contributed by atoms with van der Waals surface area (Å²) in [5, 5.41) is 14.5. The third-order valence-electron chi connectivity index (χ3n) is 4.60. The third-order valence-corrected chi connectivity index (χ3v) is 4.60. The van der Waals surface area contributed by atoms with Crippen LogP contribution in [0.4, 0.5) is 0 Å². The lowest BCUT2D eigenvalue weighted by molar-refractivity contribution is 0.0475. The molecule has 1 atom stereocenters. The van der Waals surface area contributed by atoms with Crippen LogP contribution in [0.3, 0.4) is 0 Å². The van der Waals surface area contributed by atoms with E-state index in [0.29, 0.717) is 41.1 Å². The molecule has 1 amide bonds. The van der Waals surface area contributed by atoms with Gasteiger partial charge in [0.2, 0.25) is 0 Å². The number of rotatable bonds is 2. The van der Waals surface area contributed by atoms with Gasteiger partial charge in [-0.3, -0.25) is 4.79 Å². The highest BCUT2D eigenvalue weighted by atomic mass is 16.5. The molecular formula is C19H19N3O3. The molecule has 1 aliphatic rings. The average molecular weight is 337 g/mol. The van der Waals surface area contributed by atoms with Crippen LogP contribution < -0.4 is 0 Å². The third kappa shape index (κ3) is 2.89. The Kier molecular flexibility index (Phi) is 3.97. The Labute approximate surface area is 145 Å². The number of aryl methyl sites for hydroxylation is 1. The second-order valence-electron chi connectivity index (χ2n) is 6.42. The van der Waals surface area contributed by atoms with E-state index in [-0.39, 0.29) is 5.91 Å². The van der Waals surface area contributed by atoms with Crippen molar-refractivity contribution in [3.63, 3.8) is 0 Å². The molecule has 4 rings (SSSR count). The molecule has 2 aromatic heterocycles. The van der Waals surface area contributed by atoms with Gasteiger partial charge in [-0.15, -0.1) is 0 Å². The van der Waals surface area contributed by atoms with Crippen LogP contribution in [0.15, 0.2) is 40.9 Å². The molecule has 1 N–H and O–H groups in total. The molecule has 3 heterocycles. The monoisotopic (exact) mass is 337 g/mol. The highest BCUT2D eigenvalue weighted by Gasteiger charge is 2.27. The summed E-state index contributed by atoms with van der Waals surface area (Å²) in [5.74, 6) is -0.116. The summed E-state index contributed by atoms with van der Waals surface area (Å²) >= 11 is 0. The number of carbonyl (C=O) groups is 1. The number of nitrogens with zero attached hydrogens (tertiary/aromatic N) is 3. The summed E-state index contributed by atoms with van der Waals surface area (Å²) in [5.41, 5.74) is 3.11. The summed E-state index contributed by atoms with van der Waals surface area (Å²) in [7, 11) is 0. The molecule has 1 saturated heterocycles. The molecule has 1 fully saturated rings. The molecule has 128 valence electrons. The molecular weight excluding hydrogens is 318 g/mol. The van der Waals surface area contributed by atoms with Crippen LogP contribution in [-0.4, -0.2) is 45.2 Å². The quantitative estimate of drug-likeness (QED) is 0.778. The highest BCUT2D eigenvalue weighted by molar-refractivity contribution is 6.07. The number of aliphatic hydroxyl groups is 1. The first-order chi connectivity index (χ1) is 12.1. The maximum atomic E-state index is 13.1. The van der Waals surface area contributed by atoms with Gasteiger partial charge in [0, 0.05) is 18.7 Å². The second-order valence-corrected chi connectivity index (χ2v) is 6.42. The number of hydrogen-bond donors (Lipinski definition) is 1. The SMILES string of the molecule is Cc1noc2nc(-c3ccccc3)cc(C(=O)N3CCCC(O)C3)c12. The molecule has 0 bridgehead atoms. The first-order valence-corrected chi connectivity index (χ1v) is 8.43. The second kappa shape index (κ2) is 6.29. The lowest BCUT2D eigenvalue weighted by Gasteiger charge is -2.30. The number of likely N-dealkylation sites (tertiary alicyclic amines) is 1. The summed E-state index contributed by atoms with van der Waals surface area (Å²) in [6.07, 6.45) is 1.07. The van der Waals surface area contributed by atoms with Crippen molar-refractivity contribution in [2.24, 2.45) is 0 Å². The van der Waals surface area contributed by atoms with Crippen LogP contribution in [0.25, 0.3) is 22.4 Å². The molecule has 6 heteroatoms. The molecule has 1 aromatic carbocycles. The van der Waals surface area contributed by atoms with E-state index >= 15 is 0 Å². The number of hydrogen-bond acceptors (Lipinski definition) is 5. The number of aliphatic hydroxyl groups excluding tert-OH is 1. The number of β-amino-alcohol motifs (C(OH)–C–C–N with tert-alkyl or cyclic N) is 1. The molecule has 0 saturated carbocycles. The number of benzene rings is 1. The zero-order valence-electron chi connectivity index (χ0n) is 14.0. The summed E-state index contributed by atoms with van der Waals surface area (Å²) < 4.78 is 5.33. The van der Waals surface area contributed by atoms with Crippen molar-refractivity contribution >= 4 is 17.0 Å². The molecule has 0 spiro atoms. The Hall–Kier alpha value is -2.73. The Morgan fingerprint density at radius 2 is 2.12 bits per heavy atom. The van der Waals surface area contributed by atoms with Crippen LogP contribution >= 0.6 is 0 Å². The van der Waals surface area contributed by atoms with Gasteiger partial charge in [0.25, 0.3) is 11.6 Å². The Balaban J connectivity index is 1.83. The fourth-order valence-electron chi connectivity index (χ4n) is 3.33. The number of piperidine rings is 1. The number of aromatic nitrogens is 2. The van der Waals surface area contributed by atoms with Gasteiger partial charge < -0.3 is 14.5 Å². The van der Waals surface area contributed by atoms with E-state index in [1.807, 2.05) is 30.3 Å². The zero-order chi connectivity index (χ0) is 17.4. The zero-order valence-corrected chi connectivity index (χ0v) is 14.0. The topological polar surface area (TPSA) is 79.5 Å². The Bertz CT molecular complexity index is 920. The van der Waals surface area contributed by atoms with Crippen molar-refractivity contribution < 1.29 is 14.4 Å². The number of pyridine rings is 1. The van der Waals surface area contributed by atoms with E-state index in [1.165, 1.54) is 0 Å². The lowest BCUT2D eigenvalue weighted by atomic mass is 10.0. The van der Waals surface area contributed by atoms with E-state index in [2.05, 4.69) is 10.1 Å². The van der Waals surface area contributed by atoms with Crippen molar-refractivity contribution in [1.82, 2.24) is 15.0 Å². The van der Waals surface area contributed by atoms with Crippen LogP contribution in [0, 0.1) is 6.92 Å². The van der Waals surface area contributed by atoms with E-state index in [4.69, 9.17) is 4.52 Å². The average Bonchev–Trinajstić information content (AvgIpc) is 3.02. The minimum Gasteiger partial charge on any atom is -0.391 e. The van der Waals surface area contributed by atoms with Crippen LogP contribution in [0.2, 0.25) is 0 Å². The number of amides is 1. The Morgan fingerprint density at radius 1 is 1.32 bits per heavy atom. The molecule has 0 radical (unpaired) electrons. The maximum absolute atomic E-state index is 13.1. The molecule has 3 aromatic rings. The molecule has 0 aliphatic carbocycles. The predicted octanol–water partition coefficient (Wildman–Crippen LogP) is 2.80. The van der Waals surface area contributed by atoms with Gasteiger partial charge in [-0.25, -0.2) is 4.98 Å². The minimum absolute atomic E-state index is 0.116. The molecule has 6 nitrogen and oxygen atoms in total. The van der Waals surface area contributed by atoms with Gasteiger partial charge in [0.05, 0.1) is 28.4 Å². The summed E-state index contributed by atoms with van der Waals surface area (Å²) in [6, 6.07) is 11.5. The van der Waals surface area contributed by atoms with Crippen LogP contribution in [0.1, 0.15) is 28.9 Å². The van der Waals surface area contributed by atoms with Gasteiger partial charge in [0.1, 0.15) is 0 Å². The maximum Gasteiger partial charge on any atom is 0.259 e. The Morgan fingerprint density at radius 3 is 2.88 bits per heavy atom. The van der Waals surface area contributed by atoms with Crippen molar-refractivity contribution in [3.05, 3.63) is 47.7 Å². The van der Waals surface area contributed by atoms with Crippen molar-refractivity contribution in [2.45, 2.75) is 25.9 Å². The summed E-state index contributed by atoms with van der Waals surface area (Å²) in [4.78, 5) is 19.3. The van der Waals surface area contributed by atoms with Gasteiger partial charge in [-0.2, -0.15) is 0 Å². The van der Waals surface area contributed by atoms with Gasteiger partial charge in [-0.05, 0) is 25.8 Å². The van der Waals surface area contributed by atoms with Crippen LogP contribution in [-0.2, 0) is 0 Å². The van der Waals surface area contributed by atoms with Crippen LogP contribution in [0.5, 0.6) is 0 Å². The predicted molar refractivity (Wildman–Crippen MR) is 93.1 cm³/mol. The largest absolute Gasteiger partial charge is 0.391 e. The number of fused-ring (bicyclic) bond motifs is 1. The molecule has 1 unspecified atom stereocenters. The highest BCUT2D eigenvalue weighted by Crippen LogP contribution is 2.28. The van der Waals surface area contributed by atoms with Crippen molar-refractivity contribution in [1.29, 1.82) is 0 Å². The fraction of sp³-hybridized carbons (Fsp3) is 0.316. The van der Waals surface area contributed by atoms with Crippen molar-refractivity contribution in [3.8, 4) is 11.3 Å². The standard InChI is InChI=1S/C19H19N3O3/c1-12-17-15(19(24)22-9-5-8-14(23)11-22)10-16(20-18(17)25-21-12)13-6-3-2-4-7-13/h2-4,6-7,10,14,23H,5,8-9,11H2,1H3. The smallest absolute Gasteiger partial charge is 0.259 e. The van der Waals surface area contributed by atoms with Gasteiger partial charge >= 0.3 is 0 Å². The van der Waals surface area contributed by atoms with Crippen molar-refractivity contribution in [2.75, 3.05) is 13.1 Å². The summed E-state index contributed by atoms with van der Waals surface area (Å²) in [6.45, 7) is 2.80. The van der Waals surface area contributed by atoms with Gasteiger partial charge in [0.15, 0.2) is 0 Å².